The van der Waals surface area contributed by atoms with E-state index in [1.807, 2.05) is 31.2 Å². The van der Waals surface area contributed by atoms with Crippen LogP contribution in [-0.4, -0.2) is 34.8 Å². The molecule has 0 amide bonds. The summed E-state index contributed by atoms with van der Waals surface area (Å²) in [5.41, 5.74) is 2.09. The Balaban J connectivity index is 1.92. The summed E-state index contributed by atoms with van der Waals surface area (Å²) in [6.45, 7) is 2.71. The fourth-order valence-corrected chi connectivity index (χ4v) is 3.70. The van der Waals surface area contributed by atoms with E-state index in [1.54, 1.807) is 29.9 Å². The van der Waals surface area contributed by atoms with Crippen LogP contribution in [0.2, 0.25) is 5.02 Å². The van der Waals surface area contributed by atoms with Crippen LogP contribution in [-0.2, 0) is 11.3 Å². The lowest BCUT2D eigenvalue weighted by Gasteiger charge is -2.12. The number of ether oxygens (including phenoxy) is 1. The van der Waals surface area contributed by atoms with E-state index in [0.717, 1.165) is 5.56 Å². The van der Waals surface area contributed by atoms with E-state index in [0.29, 0.717) is 39.8 Å². The van der Waals surface area contributed by atoms with Crippen LogP contribution in [0.3, 0.4) is 0 Å². The third kappa shape index (κ3) is 4.58. The van der Waals surface area contributed by atoms with Crippen molar-refractivity contribution in [2.75, 3.05) is 19.5 Å². The van der Waals surface area contributed by atoms with Crippen molar-refractivity contribution in [2.24, 2.45) is 0 Å². The molecule has 0 atom stereocenters. The lowest BCUT2D eigenvalue weighted by atomic mass is 10.1. The van der Waals surface area contributed by atoms with Gasteiger partial charge in [0, 0.05) is 17.7 Å². The Morgan fingerprint density at radius 1 is 1.22 bits per heavy atom. The molecule has 0 saturated heterocycles. The predicted molar refractivity (Wildman–Crippen MR) is 109 cm³/mol. The molecule has 27 heavy (non-hydrogen) atoms. The van der Waals surface area contributed by atoms with Gasteiger partial charge in [0.05, 0.1) is 29.8 Å². The Morgan fingerprint density at radius 2 is 1.96 bits per heavy atom. The molecule has 3 rings (SSSR count). The van der Waals surface area contributed by atoms with Gasteiger partial charge in [-0.2, -0.15) is 0 Å². The number of hydrogen-bond acceptors (Lipinski definition) is 5. The third-order valence-electron chi connectivity index (χ3n) is 4.11. The number of aromatic nitrogens is 2. The number of aryl methyl sites for hydroxylation is 1. The fourth-order valence-electron chi connectivity index (χ4n) is 2.62. The maximum Gasteiger partial charge on any atom is 0.262 e. The highest BCUT2D eigenvalue weighted by Crippen LogP contribution is 2.21. The van der Waals surface area contributed by atoms with Gasteiger partial charge in [0.2, 0.25) is 0 Å². The number of hydrogen-bond donors (Lipinski definition) is 0. The molecular weight excluding hydrogens is 384 g/mol. The number of ketones is 1. The smallest absolute Gasteiger partial charge is 0.262 e. The first kappa shape index (κ1) is 19.6. The van der Waals surface area contributed by atoms with Gasteiger partial charge >= 0.3 is 0 Å². The van der Waals surface area contributed by atoms with Crippen molar-refractivity contribution in [1.82, 2.24) is 9.55 Å². The van der Waals surface area contributed by atoms with Crippen LogP contribution in [0.25, 0.3) is 10.9 Å². The SMILES string of the molecule is COCCn1c(SCC(=O)c2ccc(C)cc2)nc2cc(Cl)ccc2c1=O. The Labute approximate surface area is 166 Å². The van der Waals surface area contributed by atoms with Crippen LogP contribution in [0, 0.1) is 6.92 Å². The van der Waals surface area contributed by atoms with Gasteiger partial charge in [-0.05, 0) is 25.1 Å². The first-order valence-corrected chi connectivity index (χ1v) is 9.77. The minimum Gasteiger partial charge on any atom is -0.383 e. The average Bonchev–Trinajstić information content (AvgIpc) is 2.66. The lowest BCUT2D eigenvalue weighted by Crippen LogP contribution is -2.25. The number of carbonyl (C=O) groups is 1. The van der Waals surface area contributed by atoms with E-state index in [2.05, 4.69) is 4.98 Å². The van der Waals surface area contributed by atoms with E-state index in [9.17, 15) is 9.59 Å². The van der Waals surface area contributed by atoms with Crippen molar-refractivity contribution >= 4 is 40.0 Å². The molecule has 0 aliphatic heterocycles. The van der Waals surface area contributed by atoms with Gasteiger partial charge in [-0.1, -0.05) is 53.2 Å². The van der Waals surface area contributed by atoms with Gasteiger partial charge in [-0.15, -0.1) is 0 Å². The summed E-state index contributed by atoms with van der Waals surface area (Å²) < 4.78 is 6.66. The summed E-state index contributed by atoms with van der Waals surface area (Å²) in [4.78, 5) is 29.9. The zero-order valence-corrected chi connectivity index (χ0v) is 16.6. The van der Waals surface area contributed by atoms with Crippen LogP contribution in [0.4, 0.5) is 0 Å². The molecule has 0 N–H and O–H groups in total. The van der Waals surface area contributed by atoms with Crippen LogP contribution in [0.5, 0.6) is 0 Å². The Kier molecular flexibility index (Phi) is 6.31. The van der Waals surface area contributed by atoms with Crippen LogP contribution >= 0.6 is 23.4 Å². The van der Waals surface area contributed by atoms with Crippen molar-refractivity contribution in [1.29, 1.82) is 0 Å². The zero-order valence-electron chi connectivity index (χ0n) is 15.1. The van der Waals surface area contributed by atoms with Gasteiger partial charge in [-0.25, -0.2) is 4.98 Å². The number of thioether (sulfide) groups is 1. The molecule has 0 aliphatic carbocycles. The Morgan fingerprint density at radius 3 is 2.67 bits per heavy atom. The first-order chi connectivity index (χ1) is 13.0. The highest BCUT2D eigenvalue weighted by atomic mass is 35.5. The second-order valence-electron chi connectivity index (χ2n) is 6.08. The molecule has 0 spiro atoms. The number of halogens is 1. The minimum absolute atomic E-state index is 0.0151. The van der Waals surface area contributed by atoms with Crippen molar-refractivity contribution < 1.29 is 9.53 Å². The summed E-state index contributed by atoms with van der Waals surface area (Å²) in [5.74, 6) is 0.174. The summed E-state index contributed by atoms with van der Waals surface area (Å²) in [6.07, 6.45) is 0. The summed E-state index contributed by atoms with van der Waals surface area (Å²) in [7, 11) is 1.58. The maximum atomic E-state index is 12.8. The largest absolute Gasteiger partial charge is 0.383 e. The number of Topliss-reactive ketones (excluding diaryl/α,β-unsaturated/α-hetero) is 1. The predicted octanol–water partition coefficient (Wildman–Crippen LogP) is 3.98. The molecule has 0 fully saturated rings. The number of methoxy groups -OCH3 is 1. The van der Waals surface area contributed by atoms with E-state index in [-0.39, 0.29) is 17.1 Å². The van der Waals surface area contributed by atoms with Gasteiger partial charge in [0.25, 0.3) is 5.56 Å². The molecule has 0 unspecified atom stereocenters. The number of carbonyl (C=O) groups excluding carboxylic acids is 1. The molecule has 0 radical (unpaired) electrons. The van der Waals surface area contributed by atoms with Gasteiger partial charge in [0.15, 0.2) is 10.9 Å². The average molecular weight is 403 g/mol. The fraction of sp³-hybridized carbons (Fsp3) is 0.250. The lowest BCUT2D eigenvalue weighted by molar-refractivity contribution is 0.102. The van der Waals surface area contributed by atoms with Gasteiger partial charge in [-0.3, -0.25) is 14.2 Å². The minimum atomic E-state index is -0.168. The highest BCUT2D eigenvalue weighted by molar-refractivity contribution is 7.99. The van der Waals surface area contributed by atoms with Gasteiger partial charge in [0.1, 0.15) is 0 Å². The van der Waals surface area contributed by atoms with Crippen LogP contribution in [0.15, 0.2) is 52.4 Å². The molecule has 140 valence electrons. The second-order valence-corrected chi connectivity index (χ2v) is 7.46. The molecule has 5 nitrogen and oxygen atoms in total. The first-order valence-electron chi connectivity index (χ1n) is 8.41. The maximum absolute atomic E-state index is 12.8. The number of benzene rings is 2. The number of rotatable bonds is 7. The molecular formula is C20H19ClN2O3S. The molecule has 7 heteroatoms. The summed E-state index contributed by atoms with van der Waals surface area (Å²) >= 11 is 7.28. The topological polar surface area (TPSA) is 61.2 Å². The quantitative estimate of drug-likeness (QED) is 0.340. The van der Waals surface area contributed by atoms with Crippen LogP contribution < -0.4 is 5.56 Å². The third-order valence-corrected chi connectivity index (χ3v) is 5.32. The number of fused-ring (bicyclic) bond motifs is 1. The molecule has 0 aliphatic rings. The molecule has 1 heterocycles. The molecule has 0 saturated carbocycles. The second kappa shape index (κ2) is 8.69. The van der Waals surface area contributed by atoms with Crippen molar-refractivity contribution in [2.45, 2.75) is 18.6 Å². The normalized spacial score (nSPS) is 11.1. The van der Waals surface area contributed by atoms with E-state index >= 15 is 0 Å². The van der Waals surface area contributed by atoms with Crippen molar-refractivity contribution in [3.05, 3.63) is 69.0 Å². The van der Waals surface area contributed by atoms with Crippen LogP contribution in [0.1, 0.15) is 15.9 Å². The molecule has 1 aromatic heterocycles. The highest BCUT2D eigenvalue weighted by Gasteiger charge is 2.14. The van der Waals surface area contributed by atoms with Crippen molar-refractivity contribution in [3.63, 3.8) is 0 Å². The Hall–Kier alpha value is -2.15. The monoisotopic (exact) mass is 402 g/mol. The van der Waals surface area contributed by atoms with E-state index < -0.39 is 0 Å². The van der Waals surface area contributed by atoms with E-state index in [1.165, 1.54) is 11.8 Å². The van der Waals surface area contributed by atoms with E-state index in [4.69, 9.17) is 16.3 Å². The van der Waals surface area contributed by atoms with Gasteiger partial charge < -0.3 is 4.74 Å². The summed E-state index contributed by atoms with van der Waals surface area (Å²) in [6, 6.07) is 12.4. The standard InChI is InChI=1S/C20H19ClN2O3S/c1-13-3-5-14(6-4-13)18(24)12-27-20-22-17-11-15(21)7-8-16(17)19(25)23(20)9-10-26-2/h3-8,11H,9-10,12H2,1-2H3. The number of nitrogens with zero attached hydrogens (tertiary/aromatic N) is 2. The molecule has 3 aromatic rings. The molecule has 2 aromatic carbocycles. The Bertz CT molecular complexity index is 1030. The zero-order chi connectivity index (χ0) is 19.4. The summed E-state index contributed by atoms with van der Waals surface area (Å²) in [5, 5.41) is 1.48. The molecule has 0 bridgehead atoms. The van der Waals surface area contributed by atoms with Crippen molar-refractivity contribution in [3.8, 4) is 0 Å².